The Morgan fingerprint density at radius 1 is 1.53 bits per heavy atom. The second kappa shape index (κ2) is 4.67. The molecule has 0 aromatic carbocycles. The lowest BCUT2D eigenvalue weighted by Gasteiger charge is -2.05. The molecule has 2 rings (SSSR count). The molecule has 90 valence electrons. The van der Waals surface area contributed by atoms with Gasteiger partial charge in [-0.25, -0.2) is 0 Å². The Bertz CT molecular complexity index is 637. The van der Waals surface area contributed by atoms with Crippen LogP contribution >= 0.6 is 12.2 Å². The fraction of sp³-hybridized carbons (Fsp3) is 0.364. The highest BCUT2D eigenvalue weighted by Crippen LogP contribution is 2.15. The monoisotopic (exact) mass is 250 g/mol. The van der Waals surface area contributed by atoms with E-state index in [2.05, 4.69) is 17.1 Å². The van der Waals surface area contributed by atoms with Crippen molar-refractivity contribution in [1.29, 1.82) is 0 Å². The van der Waals surface area contributed by atoms with Crippen LogP contribution in [0.1, 0.15) is 13.3 Å². The number of aryl methyl sites for hydroxylation is 1. The maximum absolute atomic E-state index is 11.6. The Hall–Kier alpha value is -1.69. The molecule has 2 aromatic heterocycles. The van der Waals surface area contributed by atoms with E-state index >= 15 is 0 Å². The third kappa shape index (κ3) is 2.21. The van der Waals surface area contributed by atoms with Crippen molar-refractivity contribution in [2.75, 3.05) is 0 Å². The van der Waals surface area contributed by atoms with Gasteiger partial charge in [0.2, 0.25) is 0 Å². The van der Waals surface area contributed by atoms with Gasteiger partial charge < -0.3 is 9.13 Å². The first-order valence-electron chi connectivity index (χ1n) is 5.45. The average molecular weight is 250 g/mol. The zero-order chi connectivity index (χ0) is 12.4. The second-order valence-electron chi connectivity index (χ2n) is 3.87. The first-order chi connectivity index (χ1) is 8.13. The molecule has 0 saturated heterocycles. The molecule has 0 unspecified atom stereocenters. The molecule has 0 spiro atoms. The largest absolute Gasteiger partial charge is 0.319 e. The van der Waals surface area contributed by atoms with E-state index in [1.807, 2.05) is 10.6 Å². The zero-order valence-corrected chi connectivity index (χ0v) is 10.6. The Labute approximate surface area is 104 Å². The summed E-state index contributed by atoms with van der Waals surface area (Å²) in [6, 6.07) is 3.43. The molecule has 0 atom stereocenters. The van der Waals surface area contributed by atoms with Crippen LogP contribution in [0.15, 0.2) is 23.1 Å². The van der Waals surface area contributed by atoms with Gasteiger partial charge in [-0.3, -0.25) is 9.89 Å². The number of nitrogens with zero attached hydrogens (tertiary/aromatic N) is 3. The molecule has 0 amide bonds. The summed E-state index contributed by atoms with van der Waals surface area (Å²) in [7, 11) is 1.72. The van der Waals surface area contributed by atoms with E-state index in [0.29, 0.717) is 4.77 Å². The summed E-state index contributed by atoms with van der Waals surface area (Å²) in [6.45, 7) is 2.86. The normalized spacial score (nSPS) is 10.7. The van der Waals surface area contributed by atoms with Gasteiger partial charge in [0.1, 0.15) is 0 Å². The minimum absolute atomic E-state index is 0.0560. The van der Waals surface area contributed by atoms with Crippen LogP contribution in [0.25, 0.3) is 11.4 Å². The molecule has 1 N–H and O–H groups in total. The van der Waals surface area contributed by atoms with E-state index in [4.69, 9.17) is 12.2 Å². The van der Waals surface area contributed by atoms with Gasteiger partial charge in [0.25, 0.3) is 5.56 Å². The number of H-pyrrole nitrogens is 1. The van der Waals surface area contributed by atoms with Crippen molar-refractivity contribution in [2.24, 2.45) is 7.05 Å². The van der Waals surface area contributed by atoms with Crippen LogP contribution < -0.4 is 5.56 Å². The van der Waals surface area contributed by atoms with Crippen LogP contribution in [-0.4, -0.2) is 19.3 Å². The molecule has 17 heavy (non-hydrogen) atoms. The van der Waals surface area contributed by atoms with Gasteiger partial charge in [-0.15, -0.1) is 0 Å². The lowest BCUT2D eigenvalue weighted by Crippen LogP contribution is -2.14. The molecule has 0 saturated carbocycles. The van der Waals surface area contributed by atoms with Gasteiger partial charge in [-0.2, -0.15) is 5.10 Å². The maximum atomic E-state index is 11.6. The van der Waals surface area contributed by atoms with E-state index in [1.165, 1.54) is 4.57 Å². The fourth-order valence-corrected chi connectivity index (χ4v) is 1.88. The van der Waals surface area contributed by atoms with Crippen LogP contribution in [0.3, 0.4) is 0 Å². The number of hydrogen-bond acceptors (Lipinski definition) is 3. The molecule has 0 radical (unpaired) electrons. The molecular formula is C11H14N4OS. The third-order valence-electron chi connectivity index (χ3n) is 2.57. The van der Waals surface area contributed by atoms with Crippen LogP contribution in [0.4, 0.5) is 0 Å². The predicted octanol–water partition coefficient (Wildman–Crippen LogP) is 1.72. The highest BCUT2D eigenvalue weighted by atomic mass is 32.1. The van der Waals surface area contributed by atoms with Gasteiger partial charge in [0.15, 0.2) is 10.6 Å². The summed E-state index contributed by atoms with van der Waals surface area (Å²) in [6.07, 6.45) is 2.69. The fourth-order valence-electron chi connectivity index (χ4n) is 1.66. The highest BCUT2D eigenvalue weighted by Gasteiger charge is 2.08. The highest BCUT2D eigenvalue weighted by molar-refractivity contribution is 7.71. The molecule has 0 aliphatic rings. The SMILES string of the molecule is CCCn1c(-c2ccn(C)c(=O)c2)n[nH]c1=S. The number of pyridine rings is 1. The van der Waals surface area contributed by atoms with E-state index in [1.54, 1.807) is 19.3 Å². The number of aromatic nitrogens is 4. The third-order valence-corrected chi connectivity index (χ3v) is 2.88. The quantitative estimate of drug-likeness (QED) is 0.844. The number of rotatable bonds is 3. The van der Waals surface area contributed by atoms with Crippen molar-refractivity contribution in [3.8, 4) is 11.4 Å². The minimum Gasteiger partial charge on any atom is -0.319 e. The summed E-state index contributed by atoms with van der Waals surface area (Å²) in [5.41, 5.74) is 0.730. The van der Waals surface area contributed by atoms with E-state index in [0.717, 1.165) is 24.4 Å². The standard InChI is InChI=1S/C11H14N4OS/c1-3-5-15-10(12-13-11(15)17)8-4-6-14(2)9(16)7-8/h4,6-7H,3,5H2,1-2H3,(H,13,17). The van der Waals surface area contributed by atoms with Crippen molar-refractivity contribution in [1.82, 2.24) is 19.3 Å². The Balaban J connectivity index is 2.56. The van der Waals surface area contributed by atoms with Crippen LogP contribution in [-0.2, 0) is 13.6 Å². The van der Waals surface area contributed by atoms with E-state index in [9.17, 15) is 4.79 Å². The van der Waals surface area contributed by atoms with Crippen molar-refractivity contribution in [3.05, 3.63) is 33.5 Å². The maximum Gasteiger partial charge on any atom is 0.250 e. The number of hydrogen-bond donors (Lipinski definition) is 1. The Morgan fingerprint density at radius 3 is 2.94 bits per heavy atom. The molecule has 0 fully saturated rings. The number of aromatic amines is 1. The van der Waals surface area contributed by atoms with Crippen molar-refractivity contribution in [2.45, 2.75) is 19.9 Å². The molecular weight excluding hydrogens is 236 g/mol. The van der Waals surface area contributed by atoms with E-state index < -0.39 is 0 Å². The molecule has 2 aromatic rings. The van der Waals surface area contributed by atoms with Crippen LogP contribution in [0.2, 0.25) is 0 Å². The lowest BCUT2D eigenvalue weighted by molar-refractivity contribution is 0.674. The van der Waals surface area contributed by atoms with Crippen LogP contribution in [0, 0.1) is 4.77 Å². The molecule has 0 bridgehead atoms. The Kier molecular flexibility index (Phi) is 3.23. The van der Waals surface area contributed by atoms with Crippen molar-refractivity contribution in [3.63, 3.8) is 0 Å². The molecule has 0 aliphatic heterocycles. The Morgan fingerprint density at radius 2 is 2.29 bits per heavy atom. The summed E-state index contributed by atoms with van der Waals surface area (Å²) in [5.74, 6) is 0.717. The lowest BCUT2D eigenvalue weighted by atomic mass is 10.2. The summed E-state index contributed by atoms with van der Waals surface area (Å²) in [5, 5.41) is 6.93. The first-order valence-corrected chi connectivity index (χ1v) is 5.86. The van der Waals surface area contributed by atoms with Crippen molar-refractivity contribution >= 4 is 12.2 Å². The first kappa shape index (κ1) is 11.8. The van der Waals surface area contributed by atoms with Crippen LogP contribution in [0.5, 0.6) is 0 Å². The summed E-state index contributed by atoms with van der Waals surface area (Å²) < 4.78 is 4.02. The molecule has 5 nitrogen and oxygen atoms in total. The van der Waals surface area contributed by atoms with Crippen molar-refractivity contribution < 1.29 is 0 Å². The van der Waals surface area contributed by atoms with Gasteiger partial charge in [0.05, 0.1) is 0 Å². The topological polar surface area (TPSA) is 55.6 Å². The molecule has 6 heteroatoms. The zero-order valence-electron chi connectivity index (χ0n) is 9.80. The summed E-state index contributed by atoms with van der Waals surface area (Å²) >= 11 is 5.16. The van der Waals surface area contributed by atoms with Gasteiger partial charge in [-0.1, -0.05) is 6.92 Å². The van der Waals surface area contributed by atoms with Gasteiger partial charge in [-0.05, 0) is 24.7 Å². The smallest absolute Gasteiger partial charge is 0.250 e. The van der Waals surface area contributed by atoms with E-state index in [-0.39, 0.29) is 5.56 Å². The second-order valence-corrected chi connectivity index (χ2v) is 4.26. The van der Waals surface area contributed by atoms with Gasteiger partial charge in [0, 0.05) is 31.4 Å². The predicted molar refractivity (Wildman–Crippen MR) is 68.4 cm³/mol. The summed E-state index contributed by atoms with van der Waals surface area (Å²) in [4.78, 5) is 11.6. The molecule has 0 aliphatic carbocycles. The minimum atomic E-state index is -0.0560. The molecule has 2 heterocycles. The number of nitrogens with one attached hydrogen (secondary N) is 1. The van der Waals surface area contributed by atoms with Gasteiger partial charge >= 0.3 is 0 Å². The average Bonchev–Trinajstić information content (AvgIpc) is 2.66.